The van der Waals surface area contributed by atoms with E-state index in [2.05, 4.69) is 15.0 Å². The van der Waals surface area contributed by atoms with Gasteiger partial charge in [0, 0.05) is 12.4 Å². The number of aromatic nitrogens is 2. The summed E-state index contributed by atoms with van der Waals surface area (Å²) in [6.45, 7) is 2.22. The van der Waals surface area contributed by atoms with Crippen LogP contribution in [-0.2, 0) is 27.8 Å². The van der Waals surface area contributed by atoms with Crippen molar-refractivity contribution in [3.8, 4) is 0 Å². The zero-order valence-corrected chi connectivity index (χ0v) is 15.0. The Morgan fingerprint density at radius 1 is 1.35 bits per heavy atom. The molecule has 1 aliphatic heterocycles. The maximum Gasteiger partial charge on any atom is 0.241 e. The number of carbonyl (C=O) groups excluding carboxylic acids is 1. The van der Waals surface area contributed by atoms with E-state index in [1.807, 2.05) is 35.9 Å². The highest BCUT2D eigenvalue weighted by atomic mass is 32.2. The molecule has 26 heavy (non-hydrogen) atoms. The van der Waals surface area contributed by atoms with Gasteiger partial charge in [-0.25, -0.2) is 13.4 Å². The highest BCUT2D eigenvalue weighted by molar-refractivity contribution is 7.89. The molecule has 0 unspecified atom stereocenters. The van der Waals surface area contributed by atoms with Crippen molar-refractivity contribution in [3.05, 3.63) is 65.6 Å². The number of nitrogens with zero attached hydrogens (tertiary/aromatic N) is 2. The lowest BCUT2D eigenvalue weighted by atomic mass is 10.1. The number of amides is 1. The minimum absolute atomic E-state index is 0.236. The molecule has 134 valence electrons. The molecule has 1 amide bonds. The Morgan fingerprint density at radius 3 is 3.00 bits per heavy atom. The van der Waals surface area contributed by atoms with Gasteiger partial charge in [0.25, 0.3) is 0 Å². The van der Waals surface area contributed by atoms with Gasteiger partial charge in [0.15, 0.2) is 0 Å². The van der Waals surface area contributed by atoms with Crippen molar-refractivity contribution in [3.63, 3.8) is 0 Å². The number of sulfonamides is 1. The van der Waals surface area contributed by atoms with Gasteiger partial charge in [-0.3, -0.25) is 4.79 Å². The van der Waals surface area contributed by atoms with Crippen molar-refractivity contribution in [2.45, 2.75) is 30.8 Å². The third kappa shape index (κ3) is 3.09. The van der Waals surface area contributed by atoms with Crippen LogP contribution >= 0.6 is 0 Å². The van der Waals surface area contributed by atoms with Crippen LogP contribution in [0.5, 0.6) is 0 Å². The van der Waals surface area contributed by atoms with Gasteiger partial charge in [0.2, 0.25) is 15.9 Å². The molecule has 1 aromatic carbocycles. The van der Waals surface area contributed by atoms with Crippen molar-refractivity contribution in [2.24, 2.45) is 0 Å². The number of pyridine rings is 1. The number of rotatable bonds is 3. The molecule has 4 rings (SSSR count). The van der Waals surface area contributed by atoms with Gasteiger partial charge in [-0.2, -0.15) is 4.72 Å². The topological polar surface area (TPSA) is 92.6 Å². The number of nitrogens with one attached hydrogen (secondary N) is 2. The maximum absolute atomic E-state index is 12.5. The molecule has 3 heterocycles. The van der Waals surface area contributed by atoms with Gasteiger partial charge in [-0.1, -0.05) is 18.2 Å². The molecule has 0 saturated heterocycles. The van der Waals surface area contributed by atoms with Crippen LogP contribution in [-0.4, -0.2) is 29.8 Å². The van der Waals surface area contributed by atoms with Crippen LogP contribution < -0.4 is 10.0 Å². The number of hydrogen-bond acceptors (Lipinski definition) is 4. The Hall–Kier alpha value is -2.71. The summed E-state index contributed by atoms with van der Waals surface area (Å²) in [6.07, 6.45) is 4.08. The van der Waals surface area contributed by atoms with Gasteiger partial charge in [0.05, 0.1) is 17.1 Å². The second-order valence-electron chi connectivity index (χ2n) is 6.41. The van der Waals surface area contributed by atoms with E-state index in [1.54, 1.807) is 24.3 Å². The summed E-state index contributed by atoms with van der Waals surface area (Å²) in [4.78, 5) is 17.2. The number of carbonyl (C=O) groups is 1. The molecule has 0 saturated carbocycles. The van der Waals surface area contributed by atoms with Crippen molar-refractivity contribution >= 4 is 21.6 Å². The lowest BCUT2D eigenvalue weighted by Gasteiger charge is -2.24. The molecule has 1 aliphatic rings. The van der Waals surface area contributed by atoms with E-state index in [-0.39, 0.29) is 17.3 Å². The van der Waals surface area contributed by atoms with Gasteiger partial charge in [-0.05, 0) is 42.7 Å². The standard InChI is InChI=1S/C18H18N4O3S/c1-12-6-7-22-11-14(20-17(22)8-12)10-19-18(23)15-9-13-4-2-3-5-16(13)26(24,25)21-15/h2-8,11,15,21H,9-10H2,1H3,(H,19,23)/t15-/m1/s1. The zero-order valence-electron chi connectivity index (χ0n) is 14.1. The van der Waals surface area contributed by atoms with E-state index >= 15 is 0 Å². The van der Waals surface area contributed by atoms with Crippen LogP contribution in [0.15, 0.2) is 53.7 Å². The fourth-order valence-corrected chi connectivity index (χ4v) is 4.56. The SMILES string of the molecule is Cc1ccn2cc(CNC(=O)[C@H]3Cc4ccccc4S(=O)(=O)N3)nc2c1. The van der Waals surface area contributed by atoms with Gasteiger partial charge in [-0.15, -0.1) is 0 Å². The Kier molecular flexibility index (Phi) is 4.01. The highest BCUT2D eigenvalue weighted by Crippen LogP contribution is 2.22. The molecule has 0 spiro atoms. The summed E-state index contributed by atoms with van der Waals surface area (Å²) in [5.41, 5.74) is 3.27. The first kappa shape index (κ1) is 16.7. The number of imidazole rings is 1. The molecule has 2 aromatic heterocycles. The number of fused-ring (bicyclic) bond motifs is 2. The van der Waals surface area contributed by atoms with E-state index in [4.69, 9.17) is 0 Å². The Balaban J connectivity index is 1.48. The quantitative estimate of drug-likeness (QED) is 0.724. The van der Waals surface area contributed by atoms with Crippen LogP contribution in [0, 0.1) is 6.92 Å². The molecule has 8 heteroatoms. The first-order chi connectivity index (χ1) is 12.4. The first-order valence-electron chi connectivity index (χ1n) is 8.24. The summed E-state index contributed by atoms with van der Waals surface area (Å²) in [7, 11) is -3.68. The summed E-state index contributed by atoms with van der Waals surface area (Å²) in [6, 6.07) is 9.83. The van der Waals surface area contributed by atoms with Crippen molar-refractivity contribution in [2.75, 3.05) is 0 Å². The Morgan fingerprint density at radius 2 is 2.15 bits per heavy atom. The van der Waals surface area contributed by atoms with E-state index in [0.29, 0.717) is 17.7 Å². The minimum atomic E-state index is -3.68. The van der Waals surface area contributed by atoms with Gasteiger partial charge < -0.3 is 9.72 Å². The Labute approximate surface area is 151 Å². The Bertz CT molecular complexity index is 1100. The van der Waals surface area contributed by atoms with Crippen LogP contribution in [0.4, 0.5) is 0 Å². The van der Waals surface area contributed by atoms with E-state index in [1.165, 1.54) is 0 Å². The third-order valence-corrected chi connectivity index (χ3v) is 5.98. The lowest BCUT2D eigenvalue weighted by molar-refractivity contribution is -0.122. The van der Waals surface area contributed by atoms with Crippen molar-refractivity contribution in [1.82, 2.24) is 19.4 Å². The minimum Gasteiger partial charge on any atom is -0.349 e. The molecule has 3 aromatic rings. The van der Waals surface area contributed by atoms with Crippen LogP contribution in [0.2, 0.25) is 0 Å². The van der Waals surface area contributed by atoms with Crippen LogP contribution in [0.25, 0.3) is 5.65 Å². The maximum atomic E-state index is 12.5. The molecule has 0 aliphatic carbocycles. The molecule has 0 bridgehead atoms. The fraction of sp³-hybridized carbons (Fsp3) is 0.222. The average molecular weight is 370 g/mol. The zero-order chi connectivity index (χ0) is 18.3. The molecular formula is C18H18N4O3S. The molecule has 1 atom stereocenters. The van der Waals surface area contributed by atoms with E-state index in [0.717, 1.165) is 11.2 Å². The third-order valence-electron chi connectivity index (χ3n) is 4.41. The highest BCUT2D eigenvalue weighted by Gasteiger charge is 2.33. The smallest absolute Gasteiger partial charge is 0.241 e. The molecule has 0 fully saturated rings. The predicted molar refractivity (Wildman–Crippen MR) is 96.0 cm³/mol. The number of hydrogen-bond donors (Lipinski definition) is 2. The first-order valence-corrected chi connectivity index (χ1v) is 9.73. The van der Waals surface area contributed by atoms with Crippen molar-refractivity contribution < 1.29 is 13.2 Å². The normalized spacial score (nSPS) is 18.4. The molecular weight excluding hydrogens is 352 g/mol. The fourth-order valence-electron chi connectivity index (χ4n) is 3.12. The lowest BCUT2D eigenvalue weighted by Crippen LogP contribution is -2.50. The van der Waals surface area contributed by atoms with Crippen LogP contribution in [0.1, 0.15) is 16.8 Å². The second-order valence-corrected chi connectivity index (χ2v) is 8.09. The summed E-state index contributed by atoms with van der Waals surface area (Å²) in [5, 5.41) is 2.77. The average Bonchev–Trinajstić information content (AvgIpc) is 3.01. The summed E-state index contributed by atoms with van der Waals surface area (Å²) >= 11 is 0. The molecule has 0 radical (unpaired) electrons. The van der Waals surface area contributed by atoms with E-state index in [9.17, 15) is 13.2 Å². The van der Waals surface area contributed by atoms with Gasteiger partial charge in [0.1, 0.15) is 11.7 Å². The monoisotopic (exact) mass is 370 g/mol. The van der Waals surface area contributed by atoms with Crippen molar-refractivity contribution in [1.29, 1.82) is 0 Å². The summed E-state index contributed by atoms with van der Waals surface area (Å²) < 4.78 is 28.9. The van der Waals surface area contributed by atoms with Crippen LogP contribution in [0.3, 0.4) is 0 Å². The number of benzene rings is 1. The van der Waals surface area contributed by atoms with Gasteiger partial charge >= 0.3 is 0 Å². The van der Waals surface area contributed by atoms with E-state index < -0.39 is 16.1 Å². The number of aryl methyl sites for hydroxylation is 1. The molecule has 7 nitrogen and oxygen atoms in total. The largest absolute Gasteiger partial charge is 0.349 e. The molecule has 2 N–H and O–H groups in total. The summed E-state index contributed by atoms with van der Waals surface area (Å²) in [5.74, 6) is -0.365. The second kappa shape index (κ2) is 6.22. The predicted octanol–water partition coefficient (Wildman–Crippen LogP) is 1.16.